The number of nitrogens with one attached hydrogen (secondary N) is 1. The number of nitrogens with zero attached hydrogens (tertiary/aromatic N) is 1. The van der Waals surface area contributed by atoms with Gasteiger partial charge in [-0.05, 0) is 31.5 Å². The molecule has 0 saturated heterocycles. The number of pyridine rings is 1. The van der Waals surface area contributed by atoms with Crippen LogP contribution >= 0.6 is 0 Å². The van der Waals surface area contributed by atoms with Crippen LogP contribution in [0.4, 0.5) is 0 Å². The van der Waals surface area contributed by atoms with Crippen LogP contribution in [0.1, 0.15) is 25.5 Å². The Labute approximate surface area is 98.2 Å². The van der Waals surface area contributed by atoms with Gasteiger partial charge >= 0.3 is 0 Å². The van der Waals surface area contributed by atoms with Gasteiger partial charge in [-0.25, -0.2) is 0 Å². The fourth-order valence-electron chi connectivity index (χ4n) is 1.81. The molecule has 0 bridgehead atoms. The minimum atomic E-state index is 0.509. The summed E-state index contributed by atoms with van der Waals surface area (Å²) in [5.74, 6) is 0. The Kier molecular flexibility index (Phi) is 6.77. The molecule has 1 aromatic rings. The Bertz CT molecular complexity index is 264. The van der Waals surface area contributed by atoms with Gasteiger partial charge < -0.3 is 10.1 Å². The van der Waals surface area contributed by atoms with Crippen molar-refractivity contribution in [1.82, 2.24) is 10.3 Å². The summed E-state index contributed by atoms with van der Waals surface area (Å²) in [4.78, 5) is 4.36. The second-order valence-electron chi connectivity index (χ2n) is 3.91. The van der Waals surface area contributed by atoms with Crippen LogP contribution in [0.3, 0.4) is 0 Å². The minimum absolute atomic E-state index is 0.509. The van der Waals surface area contributed by atoms with Gasteiger partial charge in [-0.1, -0.05) is 13.0 Å². The van der Waals surface area contributed by atoms with Crippen molar-refractivity contribution in [3.63, 3.8) is 0 Å². The molecule has 16 heavy (non-hydrogen) atoms. The average Bonchev–Trinajstić information content (AvgIpc) is 2.31. The number of rotatable bonds is 8. The lowest BCUT2D eigenvalue weighted by molar-refractivity contribution is 0.188. The third-order valence-corrected chi connectivity index (χ3v) is 2.58. The molecular formula is C13H22N2O. The zero-order valence-electron chi connectivity index (χ0n) is 10.3. The van der Waals surface area contributed by atoms with Crippen molar-refractivity contribution < 1.29 is 4.74 Å². The van der Waals surface area contributed by atoms with Gasteiger partial charge in [0.05, 0.1) is 0 Å². The molecule has 1 unspecified atom stereocenters. The van der Waals surface area contributed by atoms with Crippen LogP contribution in [0.2, 0.25) is 0 Å². The third kappa shape index (κ3) is 5.24. The molecule has 0 aliphatic heterocycles. The smallest absolute Gasteiger partial charge is 0.0462 e. The molecule has 90 valence electrons. The molecule has 0 amide bonds. The zero-order valence-corrected chi connectivity index (χ0v) is 10.3. The van der Waals surface area contributed by atoms with E-state index in [9.17, 15) is 0 Å². The summed E-state index contributed by atoms with van der Waals surface area (Å²) in [7, 11) is 1.75. The Morgan fingerprint density at radius 1 is 1.44 bits per heavy atom. The summed E-state index contributed by atoms with van der Waals surface area (Å²) < 4.78 is 5.08. The van der Waals surface area contributed by atoms with Crippen LogP contribution in [-0.2, 0) is 11.2 Å². The van der Waals surface area contributed by atoms with Crippen molar-refractivity contribution in [2.75, 3.05) is 20.3 Å². The summed E-state index contributed by atoms with van der Waals surface area (Å²) in [6.45, 7) is 3.98. The second-order valence-corrected chi connectivity index (χ2v) is 3.91. The Hall–Kier alpha value is -0.930. The van der Waals surface area contributed by atoms with E-state index in [1.165, 1.54) is 0 Å². The molecule has 0 radical (unpaired) electrons. The molecule has 1 atom stereocenters. The molecule has 0 aliphatic rings. The van der Waals surface area contributed by atoms with Gasteiger partial charge in [0.15, 0.2) is 0 Å². The highest BCUT2D eigenvalue weighted by atomic mass is 16.5. The number of methoxy groups -OCH3 is 1. The minimum Gasteiger partial charge on any atom is -0.385 e. The molecule has 1 N–H and O–H groups in total. The third-order valence-electron chi connectivity index (χ3n) is 2.58. The highest BCUT2D eigenvalue weighted by Gasteiger charge is 2.08. The maximum Gasteiger partial charge on any atom is 0.0462 e. The fourth-order valence-corrected chi connectivity index (χ4v) is 1.81. The van der Waals surface area contributed by atoms with E-state index in [0.717, 1.165) is 38.1 Å². The Morgan fingerprint density at radius 3 is 2.94 bits per heavy atom. The molecule has 0 saturated carbocycles. The van der Waals surface area contributed by atoms with Crippen LogP contribution < -0.4 is 5.32 Å². The fraction of sp³-hybridized carbons (Fsp3) is 0.615. The lowest BCUT2D eigenvalue weighted by Gasteiger charge is -2.17. The van der Waals surface area contributed by atoms with Crippen LogP contribution in [0.5, 0.6) is 0 Å². The van der Waals surface area contributed by atoms with Crippen molar-refractivity contribution in [3.05, 3.63) is 30.1 Å². The van der Waals surface area contributed by atoms with E-state index in [1.54, 1.807) is 7.11 Å². The predicted octanol–water partition coefficient (Wildman–Crippen LogP) is 2.03. The highest BCUT2D eigenvalue weighted by molar-refractivity contribution is 5.05. The SMILES string of the molecule is CCNC(CCCOC)Cc1ccccn1. The van der Waals surface area contributed by atoms with Crippen molar-refractivity contribution in [2.45, 2.75) is 32.2 Å². The van der Waals surface area contributed by atoms with E-state index in [0.29, 0.717) is 6.04 Å². The molecule has 0 fully saturated rings. The van der Waals surface area contributed by atoms with Gasteiger partial charge in [-0.3, -0.25) is 4.98 Å². The van der Waals surface area contributed by atoms with Gasteiger partial charge in [0.2, 0.25) is 0 Å². The van der Waals surface area contributed by atoms with Gasteiger partial charge in [-0.2, -0.15) is 0 Å². The van der Waals surface area contributed by atoms with Crippen molar-refractivity contribution >= 4 is 0 Å². The average molecular weight is 222 g/mol. The van der Waals surface area contributed by atoms with E-state index < -0.39 is 0 Å². The number of hydrogen-bond donors (Lipinski definition) is 1. The van der Waals surface area contributed by atoms with Crippen molar-refractivity contribution in [1.29, 1.82) is 0 Å². The second kappa shape index (κ2) is 8.25. The van der Waals surface area contributed by atoms with Crippen LogP contribution in [0.25, 0.3) is 0 Å². The normalized spacial score (nSPS) is 12.6. The molecule has 3 heteroatoms. The monoisotopic (exact) mass is 222 g/mol. The Morgan fingerprint density at radius 2 is 2.31 bits per heavy atom. The van der Waals surface area contributed by atoms with Gasteiger partial charge in [-0.15, -0.1) is 0 Å². The van der Waals surface area contributed by atoms with Gasteiger partial charge in [0.1, 0.15) is 0 Å². The number of ether oxygens (including phenoxy) is 1. The predicted molar refractivity (Wildman–Crippen MR) is 66.5 cm³/mol. The summed E-state index contributed by atoms with van der Waals surface area (Å²) in [5.41, 5.74) is 1.16. The zero-order chi connectivity index (χ0) is 11.6. The van der Waals surface area contributed by atoms with Crippen LogP contribution in [-0.4, -0.2) is 31.3 Å². The molecule has 1 heterocycles. The van der Waals surface area contributed by atoms with E-state index in [2.05, 4.69) is 23.3 Å². The van der Waals surface area contributed by atoms with Gasteiger partial charge in [0, 0.05) is 38.1 Å². The van der Waals surface area contributed by atoms with E-state index in [-0.39, 0.29) is 0 Å². The van der Waals surface area contributed by atoms with Crippen molar-refractivity contribution in [3.8, 4) is 0 Å². The summed E-state index contributed by atoms with van der Waals surface area (Å²) in [6, 6.07) is 6.59. The Balaban J connectivity index is 2.38. The standard InChI is InChI=1S/C13H22N2O/c1-3-14-12(8-6-10-16-2)11-13-7-4-5-9-15-13/h4-5,7,9,12,14H,3,6,8,10-11H2,1-2H3. The van der Waals surface area contributed by atoms with E-state index in [1.807, 2.05) is 18.3 Å². The number of hydrogen-bond acceptors (Lipinski definition) is 3. The van der Waals surface area contributed by atoms with Gasteiger partial charge in [0.25, 0.3) is 0 Å². The maximum absolute atomic E-state index is 5.08. The molecule has 0 aliphatic carbocycles. The topological polar surface area (TPSA) is 34.1 Å². The quantitative estimate of drug-likeness (QED) is 0.683. The molecule has 1 aromatic heterocycles. The molecule has 3 nitrogen and oxygen atoms in total. The first-order chi connectivity index (χ1) is 7.86. The highest BCUT2D eigenvalue weighted by Crippen LogP contribution is 2.05. The summed E-state index contributed by atoms with van der Waals surface area (Å²) in [6.07, 6.45) is 5.09. The molecule has 1 rings (SSSR count). The molecule has 0 spiro atoms. The largest absolute Gasteiger partial charge is 0.385 e. The lowest BCUT2D eigenvalue weighted by atomic mass is 10.1. The molecule has 0 aromatic carbocycles. The molecular weight excluding hydrogens is 200 g/mol. The summed E-state index contributed by atoms with van der Waals surface area (Å²) in [5, 5.41) is 3.49. The maximum atomic E-state index is 5.08. The van der Waals surface area contributed by atoms with E-state index >= 15 is 0 Å². The first kappa shape index (κ1) is 13.1. The number of likely N-dealkylation sites (N-methyl/N-ethyl adjacent to an activating group) is 1. The van der Waals surface area contributed by atoms with E-state index in [4.69, 9.17) is 4.74 Å². The number of aromatic nitrogens is 1. The first-order valence-corrected chi connectivity index (χ1v) is 5.99. The lowest BCUT2D eigenvalue weighted by Crippen LogP contribution is -2.31. The first-order valence-electron chi connectivity index (χ1n) is 5.99. The van der Waals surface area contributed by atoms with Crippen LogP contribution in [0.15, 0.2) is 24.4 Å². The van der Waals surface area contributed by atoms with Crippen molar-refractivity contribution in [2.24, 2.45) is 0 Å². The summed E-state index contributed by atoms with van der Waals surface area (Å²) >= 11 is 0. The van der Waals surface area contributed by atoms with Crippen LogP contribution in [0, 0.1) is 0 Å².